The first kappa shape index (κ1) is 19.6. The maximum Gasteiger partial charge on any atom is 0.264 e. The van der Waals surface area contributed by atoms with Gasteiger partial charge in [0.1, 0.15) is 5.39 Å². The van der Waals surface area contributed by atoms with Crippen LogP contribution in [-0.2, 0) is 0 Å². The second-order valence-corrected chi connectivity index (χ2v) is 6.75. The molecule has 10 heteroatoms. The summed E-state index contributed by atoms with van der Waals surface area (Å²) in [7, 11) is 4.47. The molecule has 3 heterocycles. The number of rotatable bonds is 5. The molecule has 1 aliphatic heterocycles. The van der Waals surface area contributed by atoms with E-state index in [2.05, 4.69) is 15.0 Å². The van der Waals surface area contributed by atoms with Gasteiger partial charge in [-0.15, -0.1) is 0 Å². The normalized spacial score (nSPS) is 14.1. The number of aromatic nitrogens is 3. The highest BCUT2D eigenvalue weighted by Gasteiger charge is 2.24. The number of pyridine rings is 1. The third-order valence-electron chi connectivity index (χ3n) is 5.13. The number of piperazine rings is 1. The molecule has 1 saturated heterocycles. The van der Waals surface area contributed by atoms with Crippen LogP contribution in [0.15, 0.2) is 29.2 Å². The summed E-state index contributed by atoms with van der Waals surface area (Å²) in [6.07, 6.45) is 1.65. The van der Waals surface area contributed by atoms with Gasteiger partial charge in [0, 0.05) is 38.4 Å². The van der Waals surface area contributed by atoms with Crippen molar-refractivity contribution < 1.29 is 19.3 Å². The minimum absolute atomic E-state index is 0.149. The fraction of sp³-hybridized carbons (Fsp3) is 0.350. The van der Waals surface area contributed by atoms with Gasteiger partial charge in [0.2, 0.25) is 11.7 Å². The van der Waals surface area contributed by atoms with Crippen LogP contribution in [0, 0.1) is 0 Å². The quantitative estimate of drug-likeness (QED) is 0.640. The maximum atomic E-state index is 12.9. The molecule has 1 aromatic carbocycles. The average Bonchev–Trinajstić information content (AvgIpc) is 2.78. The van der Waals surface area contributed by atoms with Crippen molar-refractivity contribution in [2.24, 2.45) is 0 Å². The number of anilines is 2. The van der Waals surface area contributed by atoms with E-state index < -0.39 is 0 Å². The minimum atomic E-state index is -0.322. The zero-order valence-corrected chi connectivity index (χ0v) is 17.0. The van der Waals surface area contributed by atoms with E-state index in [1.807, 2.05) is 9.80 Å². The van der Waals surface area contributed by atoms with E-state index in [9.17, 15) is 9.90 Å². The molecular weight excluding hydrogens is 390 g/mol. The monoisotopic (exact) mass is 413 g/mol. The zero-order valence-electron chi connectivity index (χ0n) is 17.0. The number of nitrogens with one attached hydrogen (secondary N) is 1. The molecule has 0 radical (unpaired) electrons. The van der Waals surface area contributed by atoms with Crippen LogP contribution in [0.25, 0.3) is 10.9 Å². The Kier molecular flexibility index (Phi) is 5.21. The number of aromatic hydroxyl groups is 1. The van der Waals surface area contributed by atoms with Crippen LogP contribution in [-0.4, -0.2) is 67.6 Å². The summed E-state index contributed by atoms with van der Waals surface area (Å²) >= 11 is 0. The predicted molar refractivity (Wildman–Crippen MR) is 112 cm³/mol. The topological polar surface area (TPSA) is 113 Å². The largest absolute Gasteiger partial charge is 0.504 e. The Bertz CT molecular complexity index is 1120. The van der Waals surface area contributed by atoms with Crippen molar-refractivity contribution in [3.05, 3.63) is 34.7 Å². The summed E-state index contributed by atoms with van der Waals surface area (Å²) in [5, 5.41) is 10.3. The van der Waals surface area contributed by atoms with Crippen molar-refractivity contribution in [1.29, 1.82) is 0 Å². The van der Waals surface area contributed by atoms with Gasteiger partial charge in [-0.1, -0.05) is 0 Å². The van der Waals surface area contributed by atoms with Crippen molar-refractivity contribution in [2.75, 3.05) is 57.3 Å². The third kappa shape index (κ3) is 3.30. The lowest BCUT2D eigenvalue weighted by Crippen LogP contribution is -2.47. The SMILES string of the molecule is COc1cc2nc(N3CCN(c4ncccc4O)CC3)[nH]c(=O)c2c(OC)c1OC. The number of fused-ring (bicyclic) bond motifs is 1. The molecule has 0 unspecified atom stereocenters. The summed E-state index contributed by atoms with van der Waals surface area (Å²) in [4.78, 5) is 28.6. The highest BCUT2D eigenvalue weighted by atomic mass is 16.5. The molecule has 1 aliphatic rings. The van der Waals surface area contributed by atoms with Crippen molar-refractivity contribution in [3.63, 3.8) is 0 Å². The first-order valence-electron chi connectivity index (χ1n) is 9.44. The highest BCUT2D eigenvalue weighted by Crippen LogP contribution is 2.41. The minimum Gasteiger partial charge on any atom is -0.504 e. The standard InChI is InChI=1S/C20H23N5O5/c1-28-14-11-12-15(17(30-3)16(14)29-2)19(27)23-20(22-12)25-9-7-24(8-10-25)18-13(26)5-4-6-21-18/h4-6,11,26H,7-10H2,1-3H3,(H,22,23,27). The summed E-state index contributed by atoms with van der Waals surface area (Å²) in [6.45, 7) is 2.47. The van der Waals surface area contributed by atoms with E-state index in [0.717, 1.165) is 0 Å². The number of hydrogen-bond acceptors (Lipinski definition) is 9. The smallest absolute Gasteiger partial charge is 0.264 e. The molecule has 1 fully saturated rings. The second kappa shape index (κ2) is 7.97. The number of methoxy groups -OCH3 is 3. The predicted octanol–water partition coefficient (Wildman–Crippen LogP) is 1.38. The molecule has 0 amide bonds. The summed E-state index contributed by atoms with van der Waals surface area (Å²) < 4.78 is 16.2. The Hall–Kier alpha value is -3.69. The lowest BCUT2D eigenvalue weighted by Gasteiger charge is -2.35. The first-order valence-corrected chi connectivity index (χ1v) is 9.44. The van der Waals surface area contributed by atoms with E-state index in [-0.39, 0.29) is 17.1 Å². The molecule has 30 heavy (non-hydrogen) atoms. The summed E-state index contributed by atoms with van der Waals surface area (Å²) in [5.41, 5.74) is 0.130. The molecule has 0 aliphatic carbocycles. The number of aromatic amines is 1. The van der Waals surface area contributed by atoms with Crippen LogP contribution in [0.5, 0.6) is 23.0 Å². The molecule has 0 spiro atoms. The fourth-order valence-corrected chi connectivity index (χ4v) is 3.67. The van der Waals surface area contributed by atoms with Crippen LogP contribution in [0.1, 0.15) is 0 Å². The Labute approximate surface area is 172 Å². The summed E-state index contributed by atoms with van der Waals surface area (Å²) in [5.74, 6) is 2.22. The van der Waals surface area contributed by atoms with Gasteiger partial charge in [-0.2, -0.15) is 0 Å². The number of H-pyrrole nitrogens is 1. The number of ether oxygens (including phenoxy) is 3. The van der Waals surface area contributed by atoms with Crippen molar-refractivity contribution >= 4 is 22.7 Å². The van der Waals surface area contributed by atoms with Gasteiger partial charge in [0.25, 0.3) is 5.56 Å². The van der Waals surface area contributed by atoms with Gasteiger partial charge < -0.3 is 29.1 Å². The lowest BCUT2D eigenvalue weighted by molar-refractivity contribution is 0.327. The molecule has 0 atom stereocenters. The molecule has 2 aromatic heterocycles. The fourth-order valence-electron chi connectivity index (χ4n) is 3.67. The first-order chi connectivity index (χ1) is 14.6. The molecule has 10 nitrogen and oxygen atoms in total. The van der Waals surface area contributed by atoms with Crippen LogP contribution in [0.3, 0.4) is 0 Å². The number of benzene rings is 1. The maximum absolute atomic E-state index is 12.9. The molecule has 2 N–H and O–H groups in total. The van der Waals surface area contributed by atoms with Gasteiger partial charge in [-0.25, -0.2) is 9.97 Å². The second-order valence-electron chi connectivity index (χ2n) is 6.75. The van der Waals surface area contributed by atoms with Crippen LogP contribution >= 0.6 is 0 Å². The van der Waals surface area contributed by atoms with Crippen molar-refractivity contribution in [2.45, 2.75) is 0 Å². The van der Waals surface area contributed by atoms with E-state index >= 15 is 0 Å². The van der Waals surface area contributed by atoms with Gasteiger partial charge in [-0.3, -0.25) is 9.78 Å². The van der Waals surface area contributed by atoms with E-state index in [4.69, 9.17) is 14.2 Å². The molecule has 4 rings (SSSR count). The van der Waals surface area contributed by atoms with Crippen molar-refractivity contribution in [1.82, 2.24) is 15.0 Å². The van der Waals surface area contributed by atoms with E-state index in [1.54, 1.807) is 24.4 Å². The highest BCUT2D eigenvalue weighted by molar-refractivity contribution is 5.90. The lowest BCUT2D eigenvalue weighted by atomic mass is 10.2. The Morgan fingerprint density at radius 1 is 1.03 bits per heavy atom. The van der Waals surface area contributed by atoms with E-state index in [0.29, 0.717) is 60.3 Å². The van der Waals surface area contributed by atoms with Gasteiger partial charge in [0.05, 0.1) is 26.8 Å². The Morgan fingerprint density at radius 2 is 1.73 bits per heavy atom. The summed E-state index contributed by atoms with van der Waals surface area (Å²) in [6, 6.07) is 4.97. The number of hydrogen-bond donors (Lipinski definition) is 2. The number of nitrogens with zero attached hydrogens (tertiary/aromatic N) is 4. The van der Waals surface area contributed by atoms with Gasteiger partial charge in [0.15, 0.2) is 23.1 Å². The molecule has 3 aromatic rings. The van der Waals surface area contributed by atoms with Gasteiger partial charge in [-0.05, 0) is 12.1 Å². The van der Waals surface area contributed by atoms with E-state index in [1.165, 1.54) is 21.3 Å². The van der Waals surface area contributed by atoms with Crippen LogP contribution < -0.4 is 29.6 Å². The Morgan fingerprint density at radius 3 is 2.37 bits per heavy atom. The van der Waals surface area contributed by atoms with Crippen LogP contribution in [0.4, 0.5) is 11.8 Å². The molecular formula is C20H23N5O5. The van der Waals surface area contributed by atoms with Crippen molar-refractivity contribution in [3.8, 4) is 23.0 Å². The zero-order chi connectivity index (χ0) is 21.3. The van der Waals surface area contributed by atoms with Gasteiger partial charge >= 0.3 is 0 Å². The molecule has 0 bridgehead atoms. The third-order valence-corrected chi connectivity index (χ3v) is 5.13. The molecule has 0 saturated carbocycles. The molecule has 158 valence electrons. The average molecular weight is 413 g/mol. The Balaban J connectivity index is 1.66. The van der Waals surface area contributed by atoms with Crippen LogP contribution in [0.2, 0.25) is 0 Å².